The first-order valence-corrected chi connectivity index (χ1v) is 11.9. The summed E-state index contributed by atoms with van der Waals surface area (Å²) in [4.78, 5) is 16.9. The van der Waals surface area contributed by atoms with Crippen LogP contribution >= 0.6 is 0 Å². The van der Waals surface area contributed by atoms with Gasteiger partial charge in [-0.25, -0.2) is 8.42 Å². The Hall–Kier alpha value is -3.25. The van der Waals surface area contributed by atoms with E-state index in [1.165, 1.54) is 35.9 Å². The van der Waals surface area contributed by atoms with Gasteiger partial charge in [-0.2, -0.15) is 0 Å². The molecule has 2 aromatic carbocycles. The van der Waals surface area contributed by atoms with Gasteiger partial charge >= 0.3 is 0 Å². The summed E-state index contributed by atoms with van der Waals surface area (Å²) in [7, 11) is -3.27. The average molecular weight is 436 g/mol. The lowest BCUT2D eigenvalue weighted by molar-refractivity contribution is 0.104. The SMILES string of the molecule is CCc1ccc(CCOc2ccc(/C=C/C(=O)c3ccc(S(C)(=O)=O)cc3)cc2)nc1. The van der Waals surface area contributed by atoms with Crippen LogP contribution in [0.2, 0.25) is 0 Å². The summed E-state index contributed by atoms with van der Waals surface area (Å²) in [6.45, 7) is 2.64. The van der Waals surface area contributed by atoms with E-state index in [0.29, 0.717) is 12.2 Å². The minimum atomic E-state index is -3.27. The molecule has 3 aromatic rings. The Labute approximate surface area is 183 Å². The van der Waals surface area contributed by atoms with Gasteiger partial charge in [0.1, 0.15) is 5.75 Å². The second-order valence-electron chi connectivity index (χ2n) is 7.17. The molecule has 1 aromatic heterocycles. The molecule has 0 radical (unpaired) electrons. The topological polar surface area (TPSA) is 73.3 Å². The van der Waals surface area contributed by atoms with E-state index in [2.05, 4.69) is 18.0 Å². The van der Waals surface area contributed by atoms with Crippen LogP contribution < -0.4 is 4.74 Å². The molecule has 0 bridgehead atoms. The van der Waals surface area contributed by atoms with Crippen LogP contribution in [0, 0.1) is 0 Å². The first kappa shape index (κ1) is 22.4. The molecule has 0 amide bonds. The van der Waals surface area contributed by atoms with E-state index in [4.69, 9.17) is 4.74 Å². The second-order valence-corrected chi connectivity index (χ2v) is 9.19. The van der Waals surface area contributed by atoms with E-state index < -0.39 is 9.84 Å². The molecule has 0 fully saturated rings. The van der Waals surface area contributed by atoms with E-state index >= 15 is 0 Å². The van der Waals surface area contributed by atoms with Crippen LogP contribution in [0.5, 0.6) is 5.75 Å². The molecule has 31 heavy (non-hydrogen) atoms. The number of allylic oxidation sites excluding steroid dienone is 1. The molecule has 1 heterocycles. The van der Waals surface area contributed by atoms with Crippen molar-refractivity contribution in [1.29, 1.82) is 0 Å². The number of hydrogen-bond donors (Lipinski definition) is 0. The van der Waals surface area contributed by atoms with E-state index in [1.54, 1.807) is 6.08 Å². The number of ketones is 1. The van der Waals surface area contributed by atoms with Crippen LogP contribution in [0.1, 0.15) is 34.1 Å². The second kappa shape index (κ2) is 10.2. The molecule has 0 saturated heterocycles. The molecule has 0 aliphatic heterocycles. The lowest BCUT2D eigenvalue weighted by atomic mass is 10.1. The quantitative estimate of drug-likeness (QED) is 0.364. The molecule has 0 unspecified atom stereocenters. The van der Waals surface area contributed by atoms with Crippen LogP contribution in [-0.4, -0.2) is 32.0 Å². The number of hydrogen-bond acceptors (Lipinski definition) is 5. The predicted octanol–water partition coefficient (Wildman–Crippen LogP) is 4.57. The third-order valence-electron chi connectivity index (χ3n) is 4.80. The lowest BCUT2D eigenvalue weighted by Gasteiger charge is -2.06. The van der Waals surface area contributed by atoms with Crippen LogP contribution in [0.25, 0.3) is 6.08 Å². The minimum Gasteiger partial charge on any atom is -0.493 e. The van der Waals surface area contributed by atoms with E-state index in [9.17, 15) is 13.2 Å². The van der Waals surface area contributed by atoms with Gasteiger partial charge in [0.2, 0.25) is 0 Å². The number of nitrogens with zero attached hydrogens (tertiary/aromatic N) is 1. The highest BCUT2D eigenvalue weighted by Crippen LogP contribution is 2.15. The van der Waals surface area contributed by atoms with Crippen molar-refractivity contribution < 1.29 is 17.9 Å². The zero-order valence-corrected chi connectivity index (χ0v) is 18.4. The fourth-order valence-corrected chi connectivity index (χ4v) is 3.53. The van der Waals surface area contributed by atoms with Crippen molar-refractivity contribution in [2.75, 3.05) is 12.9 Å². The Balaban J connectivity index is 1.52. The number of ether oxygens (including phenoxy) is 1. The first-order chi connectivity index (χ1) is 14.8. The van der Waals surface area contributed by atoms with Crippen molar-refractivity contribution in [2.24, 2.45) is 0 Å². The molecule has 5 nitrogen and oxygen atoms in total. The minimum absolute atomic E-state index is 0.192. The monoisotopic (exact) mass is 435 g/mol. The molecule has 0 spiro atoms. The van der Waals surface area contributed by atoms with Crippen molar-refractivity contribution in [2.45, 2.75) is 24.7 Å². The molecule has 6 heteroatoms. The molecule has 0 saturated carbocycles. The third kappa shape index (κ3) is 6.62. The van der Waals surface area contributed by atoms with Gasteiger partial charge in [0, 0.05) is 30.1 Å². The lowest BCUT2D eigenvalue weighted by Crippen LogP contribution is -2.03. The zero-order valence-electron chi connectivity index (χ0n) is 17.6. The highest BCUT2D eigenvalue weighted by Gasteiger charge is 2.08. The molecule has 0 aliphatic rings. The molecule has 0 aliphatic carbocycles. The maximum atomic E-state index is 12.3. The van der Waals surface area contributed by atoms with Crippen LogP contribution in [0.15, 0.2) is 77.8 Å². The van der Waals surface area contributed by atoms with Gasteiger partial charge in [-0.1, -0.05) is 31.2 Å². The van der Waals surface area contributed by atoms with E-state index in [0.717, 1.165) is 36.1 Å². The van der Waals surface area contributed by atoms with Gasteiger partial charge in [-0.15, -0.1) is 0 Å². The number of benzene rings is 2. The zero-order chi connectivity index (χ0) is 22.3. The molecule has 3 rings (SSSR count). The Bertz CT molecular complexity index is 1150. The summed E-state index contributed by atoms with van der Waals surface area (Å²) in [6, 6.07) is 17.5. The molecular formula is C25H25NO4S. The van der Waals surface area contributed by atoms with Gasteiger partial charge in [0.25, 0.3) is 0 Å². The van der Waals surface area contributed by atoms with Crippen molar-refractivity contribution in [1.82, 2.24) is 4.98 Å². The maximum absolute atomic E-state index is 12.3. The molecular weight excluding hydrogens is 410 g/mol. The van der Waals surface area contributed by atoms with E-state index in [1.807, 2.05) is 36.5 Å². The number of carbonyl (C=O) groups excluding carboxylic acids is 1. The average Bonchev–Trinajstić information content (AvgIpc) is 2.78. The number of aryl methyl sites for hydroxylation is 1. The summed E-state index contributed by atoms with van der Waals surface area (Å²) in [5.74, 6) is 0.562. The van der Waals surface area contributed by atoms with Gasteiger partial charge in [-0.3, -0.25) is 9.78 Å². The number of carbonyl (C=O) groups is 1. The number of aromatic nitrogens is 1. The number of pyridine rings is 1. The van der Waals surface area contributed by atoms with Crippen molar-refractivity contribution in [3.05, 3.63) is 95.3 Å². The Morgan fingerprint density at radius 1 is 1.00 bits per heavy atom. The van der Waals surface area contributed by atoms with Gasteiger partial charge in [0.05, 0.1) is 11.5 Å². The van der Waals surface area contributed by atoms with Crippen LogP contribution in [0.4, 0.5) is 0 Å². The summed E-state index contributed by atoms with van der Waals surface area (Å²) in [5.41, 5.74) is 3.52. The summed E-state index contributed by atoms with van der Waals surface area (Å²) >= 11 is 0. The summed E-state index contributed by atoms with van der Waals surface area (Å²) < 4.78 is 28.8. The standard InChI is InChI=1S/C25H25NO4S/c1-3-19-4-10-22(26-18-19)16-17-30-23-11-5-20(6-12-23)7-15-25(27)21-8-13-24(14-9-21)31(2,28)29/h4-15,18H,3,16-17H2,1-2H3/b15-7+. The van der Waals surface area contributed by atoms with Crippen molar-refractivity contribution in [3.8, 4) is 5.75 Å². The number of sulfone groups is 1. The van der Waals surface area contributed by atoms with Gasteiger partial charge < -0.3 is 4.74 Å². The Kier molecular flexibility index (Phi) is 7.36. The summed E-state index contributed by atoms with van der Waals surface area (Å²) in [6.07, 6.45) is 7.94. The highest BCUT2D eigenvalue weighted by molar-refractivity contribution is 7.90. The molecule has 160 valence electrons. The van der Waals surface area contributed by atoms with Crippen LogP contribution in [0.3, 0.4) is 0 Å². The van der Waals surface area contributed by atoms with Crippen LogP contribution in [-0.2, 0) is 22.7 Å². The third-order valence-corrected chi connectivity index (χ3v) is 5.92. The maximum Gasteiger partial charge on any atom is 0.185 e. The largest absolute Gasteiger partial charge is 0.493 e. The Morgan fingerprint density at radius 2 is 1.71 bits per heavy atom. The number of rotatable bonds is 9. The Morgan fingerprint density at radius 3 is 2.29 bits per heavy atom. The fraction of sp³-hybridized carbons (Fsp3) is 0.200. The highest BCUT2D eigenvalue weighted by atomic mass is 32.2. The van der Waals surface area contributed by atoms with Crippen molar-refractivity contribution in [3.63, 3.8) is 0 Å². The fourth-order valence-electron chi connectivity index (χ4n) is 2.90. The summed E-state index contributed by atoms with van der Waals surface area (Å²) in [5, 5.41) is 0. The molecule has 0 N–H and O–H groups in total. The predicted molar refractivity (Wildman–Crippen MR) is 122 cm³/mol. The van der Waals surface area contributed by atoms with Crippen molar-refractivity contribution >= 4 is 21.7 Å². The van der Waals surface area contributed by atoms with Gasteiger partial charge in [-0.05, 0) is 66.1 Å². The smallest absolute Gasteiger partial charge is 0.185 e. The van der Waals surface area contributed by atoms with Gasteiger partial charge in [0.15, 0.2) is 15.6 Å². The first-order valence-electron chi connectivity index (χ1n) is 10.0. The molecule has 0 atom stereocenters. The van der Waals surface area contributed by atoms with E-state index in [-0.39, 0.29) is 10.7 Å². The normalized spacial score (nSPS) is 11.5.